The van der Waals surface area contributed by atoms with E-state index < -0.39 is 16.1 Å². The lowest BCUT2D eigenvalue weighted by atomic mass is 9.88. The van der Waals surface area contributed by atoms with Gasteiger partial charge in [0.15, 0.2) is 0 Å². The summed E-state index contributed by atoms with van der Waals surface area (Å²) in [7, 11) is -3.79. The predicted molar refractivity (Wildman–Crippen MR) is 107 cm³/mol. The molecule has 0 spiro atoms. The van der Waals surface area contributed by atoms with E-state index in [1.807, 2.05) is 37.3 Å². The molecule has 2 N–H and O–H groups in total. The molecule has 8 heteroatoms. The Morgan fingerprint density at radius 1 is 1.07 bits per heavy atom. The number of rotatable bonds is 5. The zero-order valence-electron chi connectivity index (χ0n) is 15.6. The van der Waals surface area contributed by atoms with Crippen LogP contribution in [0, 0.1) is 12.8 Å². The SMILES string of the molecule is Cc1ccc(S(=O)(=O)NN=C(c2ccccc2)C2CCN(C(=O)O)CC2)cc1. The summed E-state index contributed by atoms with van der Waals surface area (Å²) >= 11 is 0. The predicted octanol–water partition coefficient (Wildman–Crippen LogP) is 3.07. The number of likely N-dealkylation sites (tertiary alicyclic amines) is 1. The number of hydrogen-bond donors (Lipinski definition) is 2. The van der Waals surface area contributed by atoms with Crippen LogP contribution in [0.15, 0.2) is 64.6 Å². The first kappa shape index (κ1) is 19.9. The molecule has 1 fully saturated rings. The maximum absolute atomic E-state index is 12.6. The Morgan fingerprint density at radius 2 is 1.68 bits per heavy atom. The van der Waals surface area contributed by atoms with E-state index >= 15 is 0 Å². The number of carboxylic acid groups (broad SMARTS) is 1. The Morgan fingerprint density at radius 3 is 2.25 bits per heavy atom. The van der Waals surface area contributed by atoms with E-state index in [-0.39, 0.29) is 10.8 Å². The maximum atomic E-state index is 12.6. The normalized spacial score (nSPS) is 16.0. The zero-order chi connectivity index (χ0) is 20.1. The van der Waals surface area contributed by atoms with Crippen LogP contribution in [0.5, 0.6) is 0 Å². The number of hydrogen-bond acceptors (Lipinski definition) is 4. The fourth-order valence-electron chi connectivity index (χ4n) is 3.22. The van der Waals surface area contributed by atoms with Crippen LogP contribution in [0.4, 0.5) is 4.79 Å². The molecule has 3 rings (SSSR count). The first-order valence-corrected chi connectivity index (χ1v) is 10.5. The van der Waals surface area contributed by atoms with Gasteiger partial charge < -0.3 is 10.0 Å². The van der Waals surface area contributed by atoms with Crippen molar-refractivity contribution < 1.29 is 18.3 Å². The quantitative estimate of drug-likeness (QED) is 0.594. The second kappa shape index (κ2) is 8.43. The van der Waals surface area contributed by atoms with Gasteiger partial charge in [-0.1, -0.05) is 48.0 Å². The number of hydrazone groups is 1. The molecule has 1 saturated heterocycles. The second-order valence-corrected chi connectivity index (χ2v) is 8.48. The molecule has 0 atom stereocenters. The highest BCUT2D eigenvalue weighted by atomic mass is 32.2. The highest BCUT2D eigenvalue weighted by Gasteiger charge is 2.27. The van der Waals surface area contributed by atoms with Crippen LogP contribution >= 0.6 is 0 Å². The van der Waals surface area contributed by atoms with Crippen molar-refractivity contribution in [2.24, 2.45) is 11.0 Å². The van der Waals surface area contributed by atoms with Crippen LogP contribution in [0.3, 0.4) is 0 Å². The first-order chi connectivity index (χ1) is 13.4. The van der Waals surface area contributed by atoms with Crippen molar-refractivity contribution in [1.82, 2.24) is 9.73 Å². The van der Waals surface area contributed by atoms with Crippen molar-refractivity contribution in [2.75, 3.05) is 13.1 Å². The van der Waals surface area contributed by atoms with Gasteiger partial charge in [0, 0.05) is 19.0 Å². The molecule has 0 bridgehead atoms. The summed E-state index contributed by atoms with van der Waals surface area (Å²) in [5.74, 6) is -0.0290. The molecular weight excluding hydrogens is 378 g/mol. The molecule has 1 amide bonds. The number of benzene rings is 2. The lowest BCUT2D eigenvalue weighted by Crippen LogP contribution is -2.40. The maximum Gasteiger partial charge on any atom is 0.407 e. The van der Waals surface area contributed by atoms with Gasteiger partial charge in [0.1, 0.15) is 0 Å². The monoisotopic (exact) mass is 401 g/mol. The number of nitrogens with zero attached hydrogens (tertiary/aromatic N) is 2. The third-order valence-electron chi connectivity index (χ3n) is 4.84. The van der Waals surface area contributed by atoms with Crippen molar-refractivity contribution in [3.8, 4) is 0 Å². The van der Waals surface area contributed by atoms with Crippen molar-refractivity contribution in [1.29, 1.82) is 0 Å². The standard InChI is InChI=1S/C20H23N3O4S/c1-15-7-9-18(10-8-15)28(26,27)22-21-19(16-5-3-2-4-6-16)17-11-13-23(14-12-17)20(24)25/h2-10,17,22H,11-14H2,1H3,(H,24,25). The van der Waals surface area contributed by atoms with Gasteiger partial charge in [-0.25, -0.2) is 4.79 Å². The van der Waals surface area contributed by atoms with Gasteiger partial charge in [0.2, 0.25) is 0 Å². The first-order valence-electron chi connectivity index (χ1n) is 9.06. The van der Waals surface area contributed by atoms with E-state index in [2.05, 4.69) is 9.93 Å². The number of carbonyl (C=O) groups is 1. The van der Waals surface area contributed by atoms with Crippen molar-refractivity contribution in [3.05, 3.63) is 65.7 Å². The molecule has 7 nitrogen and oxygen atoms in total. The highest BCUT2D eigenvalue weighted by molar-refractivity contribution is 7.89. The summed E-state index contributed by atoms with van der Waals surface area (Å²) in [5, 5.41) is 13.4. The topological polar surface area (TPSA) is 99.1 Å². The molecule has 1 aliphatic rings. The minimum Gasteiger partial charge on any atom is -0.465 e. The molecule has 1 aliphatic heterocycles. The van der Waals surface area contributed by atoms with Gasteiger partial charge in [-0.3, -0.25) is 0 Å². The van der Waals surface area contributed by atoms with Crippen LogP contribution in [0.1, 0.15) is 24.0 Å². The molecule has 148 valence electrons. The van der Waals surface area contributed by atoms with Crippen LogP contribution in [-0.4, -0.2) is 43.3 Å². The third kappa shape index (κ3) is 4.69. The smallest absolute Gasteiger partial charge is 0.407 e. The fourth-order valence-corrected chi connectivity index (χ4v) is 4.04. The molecule has 0 aromatic heterocycles. The molecule has 1 heterocycles. The summed E-state index contributed by atoms with van der Waals surface area (Å²) in [6.45, 7) is 2.69. The minimum atomic E-state index is -3.79. The molecule has 0 unspecified atom stereocenters. The largest absolute Gasteiger partial charge is 0.465 e. The lowest BCUT2D eigenvalue weighted by Gasteiger charge is -2.30. The Hall–Kier alpha value is -2.87. The Balaban J connectivity index is 1.85. The van der Waals surface area contributed by atoms with Gasteiger partial charge in [-0.2, -0.15) is 18.4 Å². The molecule has 0 saturated carbocycles. The third-order valence-corrected chi connectivity index (χ3v) is 6.06. The van der Waals surface area contributed by atoms with Crippen LogP contribution in [0.25, 0.3) is 0 Å². The average molecular weight is 401 g/mol. The highest BCUT2D eigenvalue weighted by Crippen LogP contribution is 2.23. The summed E-state index contributed by atoms with van der Waals surface area (Å²) in [5.41, 5.74) is 2.42. The van der Waals surface area contributed by atoms with Gasteiger partial charge in [-0.05, 0) is 37.5 Å². The summed E-state index contributed by atoms with van der Waals surface area (Å²) in [6.07, 6.45) is 0.246. The van der Waals surface area contributed by atoms with E-state index in [1.165, 1.54) is 4.90 Å². The van der Waals surface area contributed by atoms with E-state index in [1.54, 1.807) is 24.3 Å². The minimum absolute atomic E-state index is 0.0290. The van der Waals surface area contributed by atoms with Gasteiger partial charge in [0.05, 0.1) is 10.6 Å². The number of nitrogens with one attached hydrogen (secondary N) is 1. The fraction of sp³-hybridized carbons (Fsp3) is 0.300. The summed E-state index contributed by atoms with van der Waals surface area (Å²) in [4.78, 5) is 15.0. The van der Waals surface area contributed by atoms with Crippen molar-refractivity contribution >= 4 is 21.8 Å². The van der Waals surface area contributed by atoms with Gasteiger partial charge in [0.25, 0.3) is 10.0 Å². The Bertz CT molecular complexity index is 949. The molecule has 2 aromatic carbocycles. The van der Waals surface area contributed by atoms with E-state index in [0.29, 0.717) is 31.6 Å². The molecule has 0 aliphatic carbocycles. The van der Waals surface area contributed by atoms with Gasteiger partial charge in [-0.15, -0.1) is 0 Å². The molecule has 0 radical (unpaired) electrons. The van der Waals surface area contributed by atoms with Crippen LogP contribution in [0.2, 0.25) is 0 Å². The van der Waals surface area contributed by atoms with E-state index in [9.17, 15) is 13.2 Å². The van der Waals surface area contributed by atoms with Crippen molar-refractivity contribution in [3.63, 3.8) is 0 Å². The summed E-state index contributed by atoms with van der Waals surface area (Å²) in [6, 6.07) is 15.9. The average Bonchev–Trinajstić information content (AvgIpc) is 2.69. The van der Waals surface area contributed by atoms with Crippen LogP contribution in [-0.2, 0) is 10.0 Å². The Labute approximate surface area is 164 Å². The van der Waals surface area contributed by atoms with Crippen LogP contribution < -0.4 is 4.83 Å². The van der Waals surface area contributed by atoms with E-state index in [4.69, 9.17) is 5.11 Å². The molecular formula is C20H23N3O4S. The van der Waals surface area contributed by atoms with Gasteiger partial charge >= 0.3 is 6.09 Å². The number of sulfonamides is 1. The number of amides is 1. The zero-order valence-corrected chi connectivity index (χ0v) is 16.4. The van der Waals surface area contributed by atoms with Crippen molar-refractivity contribution in [2.45, 2.75) is 24.7 Å². The lowest BCUT2D eigenvalue weighted by molar-refractivity contribution is 0.131. The molecule has 28 heavy (non-hydrogen) atoms. The second-order valence-electron chi connectivity index (χ2n) is 6.81. The van der Waals surface area contributed by atoms with E-state index in [0.717, 1.165) is 11.1 Å². The Kier molecular flexibility index (Phi) is 5.99. The summed E-state index contributed by atoms with van der Waals surface area (Å²) < 4.78 is 25.2. The number of piperidine rings is 1. The molecule has 2 aromatic rings. The number of aryl methyl sites for hydroxylation is 1.